The Kier molecular flexibility index (Phi) is 6.19. The molecule has 22 heavy (non-hydrogen) atoms. The maximum absolute atomic E-state index is 13.3. The molecule has 2 rings (SSSR count). The van der Waals surface area contributed by atoms with Gasteiger partial charge in [-0.3, -0.25) is 4.99 Å². The normalized spacial score (nSPS) is 20.0. The minimum atomic E-state index is -0.160. The Hall–Kier alpha value is -1.62. The zero-order chi connectivity index (χ0) is 15.9. The molecule has 122 valence electrons. The van der Waals surface area contributed by atoms with Crippen LogP contribution < -0.4 is 10.6 Å². The number of guanidine groups is 1. The molecule has 4 nitrogen and oxygen atoms in total. The highest BCUT2D eigenvalue weighted by atomic mass is 19.1. The average Bonchev–Trinajstić information content (AvgIpc) is 2.51. The number of nitrogens with one attached hydrogen (secondary N) is 2. The molecular weight excluding hydrogens is 279 g/mol. The highest BCUT2D eigenvalue weighted by Gasteiger charge is 2.17. The smallest absolute Gasteiger partial charge is 0.191 e. The Morgan fingerprint density at radius 2 is 2.23 bits per heavy atom. The van der Waals surface area contributed by atoms with Crippen molar-refractivity contribution in [2.24, 2.45) is 10.9 Å². The van der Waals surface area contributed by atoms with Crippen LogP contribution in [0.3, 0.4) is 0 Å². The van der Waals surface area contributed by atoms with Crippen molar-refractivity contribution in [3.8, 4) is 0 Å². The van der Waals surface area contributed by atoms with Gasteiger partial charge in [0, 0.05) is 26.7 Å². The second kappa shape index (κ2) is 8.13. The molecule has 1 atom stereocenters. The summed E-state index contributed by atoms with van der Waals surface area (Å²) < 4.78 is 13.3. The van der Waals surface area contributed by atoms with Gasteiger partial charge in [-0.1, -0.05) is 12.1 Å². The fraction of sp³-hybridized carbons (Fsp3) is 0.588. The molecule has 0 saturated carbocycles. The van der Waals surface area contributed by atoms with Gasteiger partial charge in [-0.05, 0) is 56.5 Å². The van der Waals surface area contributed by atoms with Crippen LogP contribution in [0.2, 0.25) is 0 Å². The van der Waals surface area contributed by atoms with Gasteiger partial charge in [0.1, 0.15) is 5.82 Å². The number of aliphatic imine (C=N–C) groups is 1. The van der Waals surface area contributed by atoms with Gasteiger partial charge in [0.25, 0.3) is 0 Å². The summed E-state index contributed by atoms with van der Waals surface area (Å²) in [4.78, 5) is 6.64. The fourth-order valence-electron chi connectivity index (χ4n) is 2.90. The summed E-state index contributed by atoms with van der Waals surface area (Å²) in [5.74, 6) is 1.31. The molecule has 1 heterocycles. The van der Waals surface area contributed by atoms with Gasteiger partial charge < -0.3 is 15.5 Å². The number of rotatable bonds is 4. The molecular formula is C17H27FN4. The second-order valence-corrected chi connectivity index (χ2v) is 6.16. The zero-order valence-corrected chi connectivity index (χ0v) is 13.8. The van der Waals surface area contributed by atoms with Crippen LogP contribution in [0.5, 0.6) is 0 Å². The van der Waals surface area contributed by atoms with E-state index in [4.69, 9.17) is 0 Å². The Bertz CT molecular complexity index is 515. The van der Waals surface area contributed by atoms with E-state index in [1.54, 1.807) is 20.0 Å². The maximum atomic E-state index is 13.3. The topological polar surface area (TPSA) is 39.7 Å². The third kappa shape index (κ3) is 4.98. The van der Waals surface area contributed by atoms with Crippen LogP contribution in [0, 0.1) is 18.7 Å². The Morgan fingerprint density at radius 1 is 1.41 bits per heavy atom. The van der Waals surface area contributed by atoms with E-state index in [0.29, 0.717) is 18.0 Å². The quantitative estimate of drug-likeness (QED) is 0.661. The van der Waals surface area contributed by atoms with Gasteiger partial charge in [0.2, 0.25) is 0 Å². The first kappa shape index (κ1) is 16.7. The number of halogens is 1. The highest BCUT2D eigenvalue weighted by Crippen LogP contribution is 2.13. The van der Waals surface area contributed by atoms with Crippen LogP contribution >= 0.6 is 0 Å². The molecule has 0 spiro atoms. The van der Waals surface area contributed by atoms with Crippen molar-refractivity contribution >= 4 is 5.96 Å². The summed E-state index contributed by atoms with van der Waals surface area (Å²) in [6.45, 7) is 5.71. The number of hydrogen-bond donors (Lipinski definition) is 2. The molecule has 0 amide bonds. The van der Waals surface area contributed by atoms with Crippen LogP contribution in [0.15, 0.2) is 23.2 Å². The van der Waals surface area contributed by atoms with E-state index in [2.05, 4.69) is 27.6 Å². The van der Waals surface area contributed by atoms with E-state index in [0.717, 1.165) is 24.6 Å². The standard InChI is InChI=1S/C17H27FN4/c1-13-9-14(6-7-16(13)18)10-20-17(19-2)21-11-15-5-4-8-22(3)12-15/h6-7,9,15H,4-5,8,10-12H2,1-3H3,(H2,19,20,21). The molecule has 1 fully saturated rings. The van der Waals surface area contributed by atoms with E-state index in [1.165, 1.54) is 25.5 Å². The second-order valence-electron chi connectivity index (χ2n) is 6.16. The van der Waals surface area contributed by atoms with Gasteiger partial charge >= 0.3 is 0 Å². The maximum Gasteiger partial charge on any atom is 0.191 e. The lowest BCUT2D eigenvalue weighted by molar-refractivity contribution is 0.210. The van der Waals surface area contributed by atoms with Crippen LogP contribution in [-0.2, 0) is 6.54 Å². The molecule has 1 aromatic rings. The number of benzene rings is 1. The van der Waals surface area contributed by atoms with Crippen molar-refractivity contribution in [1.29, 1.82) is 0 Å². The summed E-state index contributed by atoms with van der Waals surface area (Å²) >= 11 is 0. The molecule has 2 N–H and O–H groups in total. The van der Waals surface area contributed by atoms with Crippen molar-refractivity contribution < 1.29 is 4.39 Å². The molecule has 5 heteroatoms. The number of likely N-dealkylation sites (tertiary alicyclic amines) is 1. The first-order chi connectivity index (χ1) is 10.6. The van der Waals surface area contributed by atoms with Crippen molar-refractivity contribution in [1.82, 2.24) is 15.5 Å². The lowest BCUT2D eigenvalue weighted by Gasteiger charge is -2.30. The van der Waals surface area contributed by atoms with Crippen molar-refractivity contribution in [2.45, 2.75) is 26.3 Å². The molecule has 0 aromatic heterocycles. The number of nitrogens with zero attached hydrogens (tertiary/aromatic N) is 2. The van der Waals surface area contributed by atoms with E-state index in [9.17, 15) is 4.39 Å². The third-order valence-electron chi connectivity index (χ3n) is 4.19. The van der Waals surface area contributed by atoms with Crippen LogP contribution in [0.4, 0.5) is 4.39 Å². The van der Waals surface area contributed by atoms with Crippen molar-refractivity contribution in [2.75, 3.05) is 33.7 Å². The summed E-state index contributed by atoms with van der Waals surface area (Å²) in [6.07, 6.45) is 2.54. The third-order valence-corrected chi connectivity index (χ3v) is 4.19. The molecule has 1 aliphatic rings. The van der Waals surface area contributed by atoms with Gasteiger partial charge in [-0.25, -0.2) is 4.39 Å². The van der Waals surface area contributed by atoms with Gasteiger partial charge in [0.15, 0.2) is 5.96 Å². The summed E-state index contributed by atoms with van der Waals surface area (Å²) in [5.41, 5.74) is 1.73. The lowest BCUT2D eigenvalue weighted by atomic mass is 9.99. The molecule has 0 aliphatic carbocycles. The van der Waals surface area contributed by atoms with E-state index in [1.807, 2.05) is 6.07 Å². The Balaban J connectivity index is 1.78. The van der Waals surface area contributed by atoms with Crippen LogP contribution in [0.1, 0.15) is 24.0 Å². The first-order valence-corrected chi connectivity index (χ1v) is 7.96. The summed E-state index contributed by atoms with van der Waals surface area (Å²) in [7, 11) is 3.95. The predicted molar refractivity (Wildman–Crippen MR) is 89.6 cm³/mol. The molecule has 0 bridgehead atoms. The Labute approximate surface area is 132 Å². The zero-order valence-electron chi connectivity index (χ0n) is 13.8. The van der Waals surface area contributed by atoms with E-state index in [-0.39, 0.29) is 5.82 Å². The molecule has 1 aliphatic heterocycles. The van der Waals surface area contributed by atoms with Crippen LogP contribution in [0.25, 0.3) is 0 Å². The van der Waals surface area contributed by atoms with Gasteiger partial charge in [-0.15, -0.1) is 0 Å². The monoisotopic (exact) mass is 306 g/mol. The van der Waals surface area contributed by atoms with Crippen LogP contribution in [-0.4, -0.2) is 44.6 Å². The molecule has 1 saturated heterocycles. The van der Waals surface area contributed by atoms with E-state index < -0.39 is 0 Å². The Morgan fingerprint density at radius 3 is 2.91 bits per heavy atom. The minimum Gasteiger partial charge on any atom is -0.356 e. The molecule has 0 radical (unpaired) electrons. The fourth-order valence-corrected chi connectivity index (χ4v) is 2.90. The average molecular weight is 306 g/mol. The minimum absolute atomic E-state index is 0.160. The highest BCUT2D eigenvalue weighted by molar-refractivity contribution is 5.79. The number of piperidine rings is 1. The number of hydrogen-bond acceptors (Lipinski definition) is 2. The van der Waals surface area contributed by atoms with Gasteiger partial charge in [0.05, 0.1) is 0 Å². The molecule has 1 aromatic carbocycles. The van der Waals surface area contributed by atoms with Crippen molar-refractivity contribution in [3.63, 3.8) is 0 Å². The first-order valence-electron chi connectivity index (χ1n) is 7.96. The summed E-state index contributed by atoms with van der Waals surface area (Å²) in [5, 5.41) is 6.68. The SMILES string of the molecule is CN=C(NCc1ccc(F)c(C)c1)NCC1CCCN(C)C1. The predicted octanol–water partition coefficient (Wildman–Crippen LogP) is 2.14. The molecule has 1 unspecified atom stereocenters. The van der Waals surface area contributed by atoms with Crippen molar-refractivity contribution in [3.05, 3.63) is 35.1 Å². The largest absolute Gasteiger partial charge is 0.356 e. The summed E-state index contributed by atoms with van der Waals surface area (Å²) in [6, 6.07) is 5.19. The number of aryl methyl sites for hydroxylation is 1. The van der Waals surface area contributed by atoms with Gasteiger partial charge in [-0.2, -0.15) is 0 Å². The van der Waals surface area contributed by atoms with E-state index >= 15 is 0 Å². The lowest BCUT2D eigenvalue weighted by Crippen LogP contribution is -2.43.